The van der Waals surface area contributed by atoms with E-state index in [4.69, 9.17) is 4.74 Å². The van der Waals surface area contributed by atoms with E-state index < -0.39 is 0 Å². The molecular weight excluding hydrogens is 246 g/mol. The summed E-state index contributed by atoms with van der Waals surface area (Å²) in [5, 5.41) is 3.64. The molecule has 0 amide bonds. The number of rotatable bonds is 6. The quantitative estimate of drug-likeness (QED) is 0.828. The van der Waals surface area contributed by atoms with Gasteiger partial charge in [-0.25, -0.2) is 0 Å². The molecule has 2 nitrogen and oxygen atoms in total. The van der Waals surface area contributed by atoms with Crippen molar-refractivity contribution < 1.29 is 4.74 Å². The van der Waals surface area contributed by atoms with Crippen LogP contribution in [0.3, 0.4) is 0 Å². The first-order valence-electron chi connectivity index (χ1n) is 7.98. The predicted molar refractivity (Wildman–Crippen MR) is 85.5 cm³/mol. The van der Waals surface area contributed by atoms with Crippen molar-refractivity contribution in [1.29, 1.82) is 0 Å². The van der Waals surface area contributed by atoms with Crippen LogP contribution in [0.5, 0.6) is 5.75 Å². The average Bonchev–Trinajstić information content (AvgIpc) is 2.73. The van der Waals surface area contributed by atoms with Gasteiger partial charge in [-0.1, -0.05) is 47.1 Å². The molecule has 0 bridgehead atoms. The van der Waals surface area contributed by atoms with Crippen LogP contribution < -0.4 is 10.1 Å². The van der Waals surface area contributed by atoms with Gasteiger partial charge in [-0.15, -0.1) is 0 Å². The molecule has 0 saturated carbocycles. The standard InChI is InChI=1S/C18H29NO/c1-6-13(3)10-16(19-7-2)14-8-9-17-15(11-14)18(4,5)12-20-17/h8-9,11,13,16,19H,6-7,10,12H2,1-5H3. The Labute approximate surface area is 123 Å². The molecule has 0 fully saturated rings. The minimum Gasteiger partial charge on any atom is -0.492 e. The molecule has 20 heavy (non-hydrogen) atoms. The zero-order chi connectivity index (χ0) is 14.8. The van der Waals surface area contributed by atoms with Crippen molar-refractivity contribution in [2.75, 3.05) is 13.2 Å². The molecule has 112 valence electrons. The van der Waals surface area contributed by atoms with E-state index in [2.05, 4.69) is 58.1 Å². The van der Waals surface area contributed by atoms with Crippen LogP contribution in [0.4, 0.5) is 0 Å². The first-order chi connectivity index (χ1) is 9.47. The zero-order valence-electron chi connectivity index (χ0n) is 13.6. The maximum absolute atomic E-state index is 5.79. The molecule has 2 unspecified atom stereocenters. The van der Waals surface area contributed by atoms with Crippen molar-refractivity contribution in [3.05, 3.63) is 29.3 Å². The SMILES string of the molecule is CCNC(CC(C)CC)c1ccc2c(c1)C(C)(C)CO2. The minimum absolute atomic E-state index is 0.137. The Morgan fingerprint density at radius 3 is 2.70 bits per heavy atom. The lowest BCUT2D eigenvalue weighted by Gasteiger charge is -2.23. The summed E-state index contributed by atoms with van der Waals surface area (Å²) in [6.45, 7) is 13.1. The summed E-state index contributed by atoms with van der Waals surface area (Å²) in [6, 6.07) is 7.20. The van der Waals surface area contributed by atoms with Crippen molar-refractivity contribution >= 4 is 0 Å². The summed E-state index contributed by atoms with van der Waals surface area (Å²) in [4.78, 5) is 0. The monoisotopic (exact) mass is 275 g/mol. The van der Waals surface area contributed by atoms with E-state index in [9.17, 15) is 0 Å². The Hall–Kier alpha value is -1.02. The van der Waals surface area contributed by atoms with Gasteiger partial charge in [0, 0.05) is 17.0 Å². The van der Waals surface area contributed by atoms with Gasteiger partial charge in [-0.2, -0.15) is 0 Å². The molecule has 1 aromatic carbocycles. The third kappa shape index (κ3) is 3.17. The van der Waals surface area contributed by atoms with Crippen molar-refractivity contribution in [3.63, 3.8) is 0 Å². The van der Waals surface area contributed by atoms with Crippen molar-refractivity contribution in [3.8, 4) is 5.75 Å². The van der Waals surface area contributed by atoms with Crippen LogP contribution in [-0.4, -0.2) is 13.2 Å². The fraction of sp³-hybridized carbons (Fsp3) is 0.667. The summed E-state index contributed by atoms with van der Waals surface area (Å²) in [5.41, 5.74) is 2.91. The van der Waals surface area contributed by atoms with Gasteiger partial charge in [-0.3, -0.25) is 0 Å². The Morgan fingerprint density at radius 1 is 1.30 bits per heavy atom. The van der Waals surface area contributed by atoms with Gasteiger partial charge in [-0.05, 0) is 36.6 Å². The fourth-order valence-electron chi connectivity index (χ4n) is 2.91. The summed E-state index contributed by atoms with van der Waals surface area (Å²) in [6.07, 6.45) is 2.44. The van der Waals surface area contributed by atoms with Gasteiger partial charge in [0.1, 0.15) is 5.75 Å². The highest BCUT2D eigenvalue weighted by Gasteiger charge is 2.32. The molecule has 0 aliphatic carbocycles. The topological polar surface area (TPSA) is 21.3 Å². The second-order valence-corrected chi connectivity index (χ2v) is 6.79. The Bertz CT molecular complexity index is 453. The van der Waals surface area contributed by atoms with E-state index in [0.29, 0.717) is 6.04 Å². The summed E-state index contributed by atoms with van der Waals surface area (Å²) < 4.78 is 5.79. The van der Waals surface area contributed by atoms with Crippen LogP contribution >= 0.6 is 0 Å². The van der Waals surface area contributed by atoms with E-state index >= 15 is 0 Å². The number of hydrogen-bond acceptors (Lipinski definition) is 2. The number of ether oxygens (including phenoxy) is 1. The van der Waals surface area contributed by atoms with Crippen molar-refractivity contribution in [2.45, 2.75) is 58.9 Å². The molecule has 0 spiro atoms. The summed E-state index contributed by atoms with van der Waals surface area (Å²) >= 11 is 0. The molecule has 1 N–H and O–H groups in total. The average molecular weight is 275 g/mol. The molecule has 1 aliphatic heterocycles. The Balaban J connectivity index is 2.26. The lowest BCUT2D eigenvalue weighted by molar-refractivity contribution is 0.291. The number of fused-ring (bicyclic) bond motifs is 1. The highest BCUT2D eigenvalue weighted by molar-refractivity contribution is 5.45. The largest absolute Gasteiger partial charge is 0.492 e. The van der Waals surface area contributed by atoms with Gasteiger partial charge < -0.3 is 10.1 Å². The van der Waals surface area contributed by atoms with E-state index in [0.717, 1.165) is 24.8 Å². The van der Waals surface area contributed by atoms with E-state index in [1.807, 2.05) is 0 Å². The second kappa shape index (κ2) is 6.17. The lowest BCUT2D eigenvalue weighted by Crippen LogP contribution is -2.23. The molecule has 0 aromatic heterocycles. The van der Waals surface area contributed by atoms with Gasteiger partial charge in [0.2, 0.25) is 0 Å². The molecule has 1 heterocycles. The van der Waals surface area contributed by atoms with Gasteiger partial charge in [0.05, 0.1) is 6.61 Å². The van der Waals surface area contributed by atoms with Crippen LogP contribution in [-0.2, 0) is 5.41 Å². The first-order valence-corrected chi connectivity index (χ1v) is 7.98. The molecule has 2 heteroatoms. The predicted octanol–water partition coefficient (Wildman–Crippen LogP) is 4.44. The second-order valence-electron chi connectivity index (χ2n) is 6.79. The van der Waals surface area contributed by atoms with Crippen LogP contribution in [0.2, 0.25) is 0 Å². The van der Waals surface area contributed by atoms with Gasteiger partial charge in [0.25, 0.3) is 0 Å². The molecule has 0 saturated heterocycles. The molecule has 2 rings (SSSR count). The highest BCUT2D eigenvalue weighted by Crippen LogP contribution is 2.40. The Kier molecular flexibility index (Phi) is 4.74. The van der Waals surface area contributed by atoms with E-state index in [1.165, 1.54) is 24.0 Å². The van der Waals surface area contributed by atoms with E-state index in [-0.39, 0.29) is 5.41 Å². The van der Waals surface area contributed by atoms with Gasteiger partial charge >= 0.3 is 0 Å². The Morgan fingerprint density at radius 2 is 2.05 bits per heavy atom. The highest BCUT2D eigenvalue weighted by atomic mass is 16.5. The van der Waals surface area contributed by atoms with Crippen molar-refractivity contribution in [2.24, 2.45) is 5.92 Å². The molecule has 0 radical (unpaired) electrons. The van der Waals surface area contributed by atoms with E-state index in [1.54, 1.807) is 0 Å². The van der Waals surface area contributed by atoms with Crippen LogP contribution in [0, 0.1) is 5.92 Å². The van der Waals surface area contributed by atoms with Crippen LogP contribution in [0.15, 0.2) is 18.2 Å². The van der Waals surface area contributed by atoms with Crippen LogP contribution in [0.1, 0.15) is 64.6 Å². The maximum atomic E-state index is 5.79. The third-order valence-electron chi connectivity index (χ3n) is 4.51. The molecule has 2 atom stereocenters. The lowest BCUT2D eigenvalue weighted by atomic mass is 9.84. The maximum Gasteiger partial charge on any atom is 0.123 e. The number of nitrogens with one attached hydrogen (secondary N) is 1. The number of benzene rings is 1. The van der Waals surface area contributed by atoms with Gasteiger partial charge in [0.15, 0.2) is 0 Å². The molecule has 1 aromatic rings. The molecular formula is C18H29NO. The summed E-state index contributed by atoms with van der Waals surface area (Å²) in [7, 11) is 0. The van der Waals surface area contributed by atoms with Crippen LogP contribution in [0.25, 0.3) is 0 Å². The fourth-order valence-corrected chi connectivity index (χ4v) is 2.91. The van der Waals surface area contributed by atoms with Crippen molar-refractivity contribution in [1.82, 2.24) is 5.32 Å². The molecule has 1 aliphatic rings. The minimum atomic E-state index is 0.137. The summed E-state index contributed by atoms with van der Waals surface area (Å²) in [5.74, 6) is 1.81. The zero-order valence-corrected chi connectivity index (χ0v) is 13.6. The number of hydrogen-bond donors (Lipinski definition) is 1. The first kappa shape index (κ1) is 15.4. The smallest absolute Gasteiger partial charge is 0.123 e. The third-order valence-corrected chi connectivity index (χ3v) is 4.51. The normalized spacial score (nSPS) is 19.2.